The van der Waals surface area contributed by atoms with Crippen LogP contribution in [0.15, 0.2) is 54.1 Å². The normalized spacial score (nSPS) is 18.6. The summed E-state index contributed by atoms with van der Waals surface area (Å²) in [6.45, 7) is 0. The summed E-state index contributed by atoms with van der Waals surface area (Å²) in [5.41, 5.74) is 5.94. The van der Waals surface area contributed by atoms with Gasteiger partial charge in [0.2, 0.25) is 0 Å². The summed E-state index contributed by atoms with van der Waals surface area (Å²) < 4.78 is 0. The van der Waals surface area contributed by atoms with Crippen LogP contribution in [0.1, 0.15) is 22.6 Å². The maximum atomic E-state index is 11.5. The summed E-state index contributed by atoms with van der Waals surface area (Å²) in [6.07, 6.45) is 4.08. The second-order valence-electron chi connectivity index (χ2n) is 5.69. The van der Waals surface area contributed by atoms with E-state index in [2.05, 4.69) is 47.4 Å². The number of aldehydes is 1. The van der Waals surface area contributed by atoms with Crippen LogP contribution in [-0.2, 0) is 11.2 Å². The molecule has 0 aromatic heterocycles. The summed E-state index contributed by atoms with van der Waals surface area (Å²) in [5.74, 6) is -0.0882. The quantitative estimate of drug-likeness (QED) is 0.798. The molecule has 0 amide bonds. The molecule has 2 heteroatoms. The Morgan fingerprint density at radius 2 is 1.76 bits per heavy atom. The molecule has 21 heavy (non-hydrogen) atoms. The number of hydrogen-bond donors (Lipinski definition) is 0. The zero-order valence-electron chi connectivity index (χ0n) is 12.4. The minimum absolute atomic E-state index is 0.0882. The number of nitrogens with zero attached hydrogens (tertiary/aromatic N) is 1. The molecule has 0 radical (unpaired) electrons. The molecule has 0 spiro atoms. The Morgan fingerprint density at radius 1 is 1.05 bits per heavy atom. The van der Waals surface area contributed by atoms with Crippen LogP contribution < -0.4 is 4.90 Å². The molecular weight excluding hydrogens is 258 g/mol. The lowest BCUT2D eigenvalue weighted by molar-refractivity contribution is -0.108. The fraction of sp³-hybridized carbons (Fsp3) is 0.211. The third-order valence-corrected chi connectivity index (χ3v) is 4.08. The number of fused-ring (bicyclic) bond motifs is 1. The van der Waals surface area contributed by atoms with E-state index in [4.69, 9.17) is 0 Å². The molecule has 1 aliphatic carbocycles. The average Bonchev–Trinajstić information content (AvgIpc) is 2.84. The van der Waals surface area contributed by atoms with E-state index in [-0.39, 0.29) is 5.92 Å². The number of benzene rings is 2. The molecule has 0 N–H and O–H groups in total. The number of hydrogen-bond acceptors (Lipinski definition) is 2. The second kappa shape index (κ2) is 5.57. The Labute approximate surface area is 125 Å². The number of anilines is 1. The molecule has 0 saturated carbocycles. The Balaban J connectivity index is 1.92. The number of rotatable bonds is 3. The van der Waals surface area contributed by atoms with Crippen LogP contribution in [0.5, 0.6) is 0 Å². The van der Waals surface area contributed by atoms with Crippen molar-refractivity contribution in [3.8, 4) is 0 Å². The van der Waals surface area contributed by atoms with Gasteiger partial charge in [-0.3, -0.25) is 0 Å². The molecule has 1 atom stereocenters. The van der Waals surface area contributed by atoms with E-state index in [0.717, 1.165) is 23.8 Å². The zero-order chi connectivity index (χ0) is 14.8. The van der Waals surface area contributed by atoms with Crippen molar-refractivity contribution in [2.24, 2.45) is 0 Å². The average molecular weight is 277 g/mol. The number of carbonyl (C=O) groups excluding carboxylic acids is 1. The minimum Gasteiger partial charge on any atom is -0.378 e. The lowest BCUT2D eigenvalue weighted by atomic mass is 9.98. The van der Waals surface area contributed by atoms with Crippen molar-refractivity contribution in [3.63, 3.8) is 0 Å². The smallest absolute Gasteiger partial charge is 0.131 e. The van der Waals surface area contributed by atoms with Gasteiger partial charge in [-0.2, -0.15) is 0 Å². The highest BCUT2D eigenvalue weighted by atomic mass is 16.1. The van der Waals surface area contributed by atoms with E-state index < -0.39 is 0 Å². The standard InChI is InChI=1S/C19H19NO/c1-20(2)17-9-7-14(8-10-17)11-16-12-15-5-3-4-6-18(15)19(16)13-21/h3-11,13,19H,12H2,1-2H3. The molecule has 2 nitrogen and oxygen atoms in total. The largest absolute Gasteiger partial charge is 0.378 e. The third-order valence-electron chi connectivity index (χ3n) is 4.08. The SMILES string of the molecule is CN(C)c1ccc(C=C2Cc3ccccc3C2C=O)cc1. The van der Waals surface area contributed by atoms with Crippen molar-refractivity contribution >= 4 is 18.0 Å². The van der Waals surface area contributed by atoms with Crippen molar-refractivity contribution in [3.05, 3.63) is 70.8 Å². The number of carbonyl (C=O) groups is 1. The van der Waals surface area contributed by atoms with Gasteiger partial charge in [-0.1, -0.05) is 48.0 Å². The molecule has 0 fully saturated rings. The maximum absolute atomic E-state index is 11.5. The first-order valence-corrected chi connectivity index (χ1v) is 7.20. The van der Waals surface area contributed by atoms with Gasteiger partial charge in [0.1, 0.15) is 6.29 Å². The Hall–Kier alpha value is -2.35. The Kier molecular flexibility index (Phi) is 3.61. The zero-order valence-corrected chi connectivity index (χ0v) is 12.4. The van der Waals surface area contributed by atoms with Gasteiger partial charge < -0.3 is 9.69 Å². The molecule has 0 heterocycles. The molecule has 0 saturated heterocycles. The minimum atomic E-state index is -0.0882. The summed E-state index contributed by atoms with van der Waals surface area (Å²) in [7, 11) is 4.06. The Morgan fingerprint density at radius 3 is 2.43 bits per heavy atom. The molecule has 1 aliphatic rings. The van der Waals surface area contributed by atoms with E-state index in [1.165, 1.54) is 16.8 Å². The Bertz CT molecular complexity index is 683. The van der Waals surface area contributed by atoms with Crippen molar-refractivity contribution in [1.82, 2.24) is 0 Å². The van der Waals surface area contributed by atoms with Gasteiger partial charge in [-0.15, -0.1) is 0 Å². The van der Waals surface area contributed by atoms with Crippen LogP contribution in [0.2, 0.25) is 0 Å². The highest BCUT2D eigenvalue weighted by Gasteiger charge is 2.26. The van der Waals surface area contributed by atoms with Crippen molar-refractivity contribution in [2.45, 2.75) is 12.3 Å². The first-order valence-electron chi connectivity index (χ1n) is 7.20. The van der Waals surface area contributed by atoms with Gasteiger partial charge in [-0.25, -0.2) is 0 Å². The predicted octanol–water partition coefficient (Wildman–Crippen LogP) is 3.67. The van der Waals surface area contributed by atoms with Crippen LogP contribution in [0.25, 0.3) is 6.08 Å². The monoisotopic (exact) mass is 277 g/mol. The lowest BCUT2D eigenvalue weighted by Gasteiger charge is -2.12. The molecule has 0 bridgehead atoms. The van der Waals surface area contributed by atoms with Crippen LogP contribution >= 0.6 is 0 Å². The predicted molar refractivity (Wildman–Crippen MR) is 87.7 cm³/mol. The van der Waals surface area contributed by atoms with E-state index in [1.807, 2.05) is 26.2 Å². The molecule has 1 unspecified atom stereocenters. The maximum Gasteiger partial charge on any atom is 0.131 e. The summed E-state index contributed by atoms with van der Waals surface area (Å²) in [4.78, 5) is 13.5. The highest BCUT2D eigenvalue weighted by molar-refractivity contribution is 5.76. The first kappa shape index (κ1) is 13.6. The van der Waals surface area contributed by atoms with Crippen molar-refractivity contribution in [2.75, 3.05) is 19.0 Å². The lowest BCUT2D eigenvalue weighted by Crippen LogP contribution is -2.07. The van der Waals surface area contributed by atoms with Gasteiger partial charge in [0.25, 0.3) is 0 Å². The van der Waals surface area contributed by atoms with E-state index >= 15 is 0 Å². The van der Waals surface area contributed by atoms with E-state index in [0.29, 0.717) is 0 Å². The topological polar surface area (TPSA) is 20.3 Å². The molecule has 3 rings (SSSR count). The molecule has 2 aromatic rings. The summed E-state index contributed by atoms with van der Waals surface area (Å²) in [5, 5.41) is 0. The van der Waals surface area contributed by atoms with Gasteiger partial charge >= 0.3 is 0 Å². The summed E-state index contributed by atoms with van der Waals surface area (Å²) >= 11 is 0. The van der Waals surface area contributed by atoms with Crippen molar-refractivity contribution < 1.29 is 4.79 Å². The van der Waals surface area contributed by atoms with Crippen LogP contribution in [0.3, 0.4) is 0 Å². The summed E-state index contributed by atoms with van der Waals surface area (Å²) in [6, 6.07) is 16.6. The first-order chi connectivity index (χ1) is 10.2. The van der Waals surface area contributed by atoms with Gasteiger partial charge in [0.15, 0.2) is 0 Å². The third kappa shape index (κ3) is 2.62. The van der Waals surface area contributed by atoms with E-state index in [1.54, 1.807) is 0 Å². The van der Waals surface area contributed by atoms with Crippen LogP contribution in [-0.4, -0.2) is 20.4 Å². The van der Waals surface area contributed by atoms with Gasteiger partial charge in [-0.05, 0) is 35.2 Å². The van der Waals surface area contributed by atoms with Gasteiger partial charge in [0.05, 0.1) is 5.92 Å². The second-order valence-corrected chi connectivity index (χ2v) is 5.69. The molecule has 106 valence electrons. The van der Waals surface area contributed by atoms with Gasteiger partial charge in [0, 0.05) is 19.8 Å². The van der Waals surface area contributed by atoms with E-state index in [9.17, 15) is 4.79 Å². The highest BCUT2D eigenvalue weighted by Crippen LogP contribution is 2.37. The van der Waals surface area contributed by atoms with Crippen LogP contribution in [0.4, 0.5) is 5.69 Å². The molecule has 0 aliphatic heterocycles. The fourth-order valence-electron chi connectivity index (χ4n) is 2.91. The molecular formula is C19H19NO. The fourth-order valence-corrected chi connectivity index (χ4v) is 2.91. The number of allylic oxidation sites excluding steroid dienone is 1. The van der Waals surface area contributed by atoms with Crippen molar-refractivity contribution in [1.29, 1.82) is 0 Å². The van der Waals surface area contributed by atoms with Crippen LogP contribution in [0, 0.1) is 0 Å². The molecule has 2 aromatic carbocycles.